The summed E-state index contributed by atoms with van der Waals surface area (Å²) in [5.74, 6) is 0.609. The van der Waals surface area contributed by atoms with Crippen LogP contribution in [-0.4, -0.2) is 17.0 Å². The first-order chi connectivity index (χ1) is 23.7. The molecule has 2 nitrogen and oxygen atoms in total. The molecule has 4 aliphatic rings. The number of rotatable bonds is 5. The summed E-state index contributed by atoms with van der Waals surface area (Å²) < 4.78 is 0. The summed E-state index contributed by atoms with van der Waals surface area (Å²) in [4.78, 5) is 2.64. The van der Waals surface area contributed by atoms with Crippen molar-refractivity contribution in [1.82, 2.24) is 10.2 Å². The summed E-state index contributed by atoms with van der Waals surface area (Å²) >= 11 is 0. The Bertz CT molecular complexity index is 2200. The van der Waals surface area contributed by atoms with Crippen molar-refractivity contribution in [3.8, 4) is 11.1 Å². The third-order valence-electron chi connectivity index (χ3n) is 10.8. The molecule has 9 rings (SSSR count). The molecule has 0 radical (unpaired) electrons. The molecule has 1 N–H and O–H groups in total. The van der Waals surface area contributed by atoms with E-state index >= 15 is 0 Å². The van der Waals surface area contributed by atoms with Gasteiger partial charge < -0.3 is 4.90 Å². The van der Waals surface area contributed by atoms with Gasteiger partial charge in [0.05, 0.1) is 12.1 Å². The van der Waals surface area contributed by atoms with Crippen LogP contribution in [0, 0.1) is 5.92 Å². The Morgan fingerprint density at radius 3 is 2.19 bits per heavy atom. The third-order valence-corrected chi connectivity index (χ3v) is 10.8. The van der Waals surface area contributed by atoms with Crippen LogP contribution in [0.1, 0.15) is 48.5 Å². The molecular weight excluding hydrogens is 581 g/mol. The first-order valence-corrected chi connectivity index (χ1v) is 17.5. The van der Waals surface area contributed by atoms with E-state index in [2.05, 4.69) is 181 Å². The molecule has 0 bridgehead atoms. The molecule has 5 unspecified atom stereocenters. The lowest BCUT2D eigenvalue weighted by Crippen LogP contribution is -2.34. The predicted octanol–water partition coefficient (Wildman–Crippen LogP) is 11.0. The van der Waals surface area contributed by atoms with Gasteiger partial charge in [-0.25, -0.2) is 0 Å². The van der Waals surface area contributed by atoms with E-state index in [1.54, 1.807) is 0 Å². The van der Waals surface area contributed by atoms with Gasteiger partial charge in [-0.2, -0.15) is 0 Å². The summed E-state index contributed by atoms with van der Waals surface area (Å²) in [5.41, 5.74) is 9.31. The van der Waals surface area contributed by atoms with E-state index in [0.717, 1.165) is 12.8 Å². The number of hydrogen-bond acceptors (Lipinski definition) is 2. The molecule has 1 heterocycles. The van der Waals surface area contributed by atoms with Gasteiger partial charge in [0.15, 0.2) is 0 Å². The van der Waals surface area contributed by atoms with Crippen LogP contribution in [0.5, 0.6) is 0 Å². The number of nitrogens with zero attached hydrogens (tertiary/aromatic N) is 1. The van der Waals surface area contributed by atoms with Gasteiger partial charge >= 0.3 is 0 Å². The molecule has 48 heavy (non-hydrogen) atoms. The van der Waals surface area contributed by atoms with Gasteiger partial charge in [0, 0.05) is 11.6 Å². The van der Waals surface area contributed by atoms with Crippen LogP contribution in [-0.2, 0) is 0 Å². The maximum atomic E-state index is 4.03. The molecule has 1 fully saturated rings. The summed E-state index contributed by atoms with van der Waals surface area (Å²) in [6.45, 7) is 2.38. The van der Waals surface area contributed by atoms with E-state index in [0.29, 0.717) is 12.0 Å². The lowest BCUT2D eigenvalue weighted by Gasteiger charge is -2.34. The van der Waals surface area contributed by atoms with Gasteiger partial charge in [-0.15, -0.1) is 0 Å². The summed E-state index contributed by atoms with van der Waals surface area (Å²) in [7, 11) is 0. The van der Waals surface area contributed by atoms with E-state index in [1.807, 2.05) is 0 Å². The molecule has 0 saturated carbocycles. The quantitative estimate of drug-likeness (QED) is 0.197. The van der Waals surface area contributed by atoms with Crippen LogP contribution in [0.25, 0.3) is 38.2 Å². The average Bonchev–Trinajstić information content (AvgIpc) is 3.55. The van der Waals surface area contributed by atoms with Crippen LogP contribution in [0.15, 0.2) is 170 Å². The van der Waals surface area contributed by atoms with Crippen molar-refractivity contribution >= 4 is 27.1 Å². The third kappa shape index (κ3) is 4.91. The summed E-state index contributed by atoms with van der Waals surface area (Å²) in [6, 6.07) is 38.8. The monoisotopic (exact) mass is 620 g/mol. The zero-order valence-corrected chi connectivity index (χ0v) is 27.3. The molecule has 5 atom stereocenters. The van der Waals surface area contributed by atoms with Gasteiger partial charge in [-0.3, -0.25) is 5.32 Å². The van der Waals surface area contributed by atoms with Gasteiger partial charge in [-0.1, -0.05) is 159 Å². The van der Waals surface area contributed by atoms with Crippen molar-refractivity contribution in [2.75, 3.05) is 0 Å². The van der Waals surface area contributed by atoms with Crippen molar-refractivity contribution in [2.45, 2.75) is 43.9 Å². The largest absolute Gasteiger partial charge is 0.347 e. The Morgan fingerprint density at radius 2 is 1.42 bits per heavy atom. The molecule has 5 aromatic carbocycles. The SMILES string of the molecule is CC1C=C(c2ccccc2)C=CC1c1c2ccccc2c(-c2ccccc2)c2cc(C3NC4C=CC=CC4N3C3=CC=CCC3)ccc12. The van der Waals surface area contributed by atoms with E-state index in [-0.39, 0.29) is 18.1 Å². The van der Waals surface area contributed by atoms with Gasteiger partial charge in [0.25, 0.3) is 0 Å². The second-order valence-corrected chi connectivity index (χ2v) is 13.6. The van der Waals surface area contributed by atoms with Crippen LogP contribution < -0.4 is 5.32 Å². The molecule has 2 heteroatoms. The topological polar surface area (TPSA) is 15.3 Å². The van der Waals surface area contributed by atoms with Crippen LogP contribution in [0.2, 0.25) is 0 Å². The van der Waals surface area contributed by atoms with E-state index in [4.69, 9.17) is 0 Å². The maximum absolute atomic E-state index is 4.03. The highest BCUT2D eigenvalue weighted by molar-refractivity contribution is 6.15. The summed E-state index contributed by atoms with van der Waals surface area (Å²) in [6.07, 6.45) is 25.4. The minimum absolute atomic E-state index is 0.0814. The van der Waals surface area contributed by atoms with Crippen molar-refractivity contribution in [1.29, 1.82) is 0 Å². The minimum atomic E-state index is 0.0814. The minimum Gasteiger partial charge on any atom is -0.347 e. The predicted molar refractivity (Wildman–Crippen MR) is 202 cm³/mol. The van der Waals surface area contributed by atoms with E-state index in [1.165, 1.54) is 60.6 Å². The zero-order valence-electron chi connectivity index (χ0n) is 27.3. The first kappa shape index (κ1) is 29.0. The number of fused-ring (bicyclic) bond motifs is 3. The lowest BCUT2D eigenvalue weighted by atomic mass is 9.76. The molecule has 0 spiro atoms. The van der Waals surface area contributed by atoms with Gasteiger partial charge in [0.2, 0.25) is 0 Å². The van der Waals surface area contributed by atoms with Crippen molar-refractivity contribution < 1.29 is 0 Å². The molecular formula is C46H40N2. The normalized spacial score (nSPS) is 24.6. The van der Waals surface area contributed by atoms with Crippen LogP contribution in [0.4, 0.5) is 0 Å². The molecule has 1 saturated heterocycles. The standard InChI is InChI=1S/C46H40N2/c1-31-29-34(32-15-5-2-6-16-32)25-27-37(31)45-39-22-12-11-21-38(39)44(33-17-7-3-8-18-33)41-30-35(26-28-40(41)45)46-47-42-23-13-14-24-43(42)48(46)36-19-9-4-10-20-36/h2-9,11-19,21-31,37,42-43,46-47H,10,20H2,1H3. The number of allylic oxidation sites excluding steroid dienone is 10. The fourth-order valence-electron chi connectivity index (χ4n) is 8.55. The molecule has 5 aromatic rings. The Morgan fingerprint density at radius 1 is 0.688 bits per heavy atom. The van der Waals surface area contributed by atoms with E-state index < -0.39 is 0 Å². The molecule has 234 valence electrons. The number of benzene rings is 5. The highest BCUT2D eigenvalue weighted by Gasteiger charge is 2.40. The summed E-state index contributed by atoms with van der Waals surface area (Å²) in [5, 5.41) is 9.36. The zero-order chi connectivity index (χ0) is 32.0. The van der Waals surface area contributed by atoms with E-state index in [9.17, 15) is 0 Å². The molecule has 0 aromatic heterocycles. The first-order valence-electron chi connectivity index (χ1n) is 17.5. The Hall–Kier alpha value is -5.18. The fraction of sp³-hybridized carbons (Fsp3) is 0.174. The second kappa shape index (κ2) is 12.1. The maximum Gasteiger partial charge on any atom is 0.107 e. The molecule has 0 amide bonds. The molecule has 1 aliphatic heterocycles. The molecule has 3 aliphatic carbocycles. The lowest BCUT2D eigenvalue weighted by molar-refractivity contribution is 0.264. The van der Waals surface area contributed by atoms with Gasteiger partial charge in [0.1, 0.15) is 6.17 Å². The van der Waals surface area contributed by atoms with Crippen molar-refractivity contribution in [3.63, 3.8) is 0 Å². The Balaban J connectivity index is 1.25. The second-order valence-electron chi connectivity index (χ2n) is 13.6. The van der Waals surface area contributed by atoms with Gasteiger partial charge in [-0.05, 0) is 85.8 Å². The Labute approximate surface area is 283 Å². The van der Waals surface area contributed by atoms with Crippen LogP contribution >= 0.6 is 0 Å². The number of hydrogen-bond donors (Lipinski definition) is 1. The fourth-order valence-corrected chi connectivity index (χ4v) is 8.55. The van der Waals surface area contributed by atoms with Crippen LogP contribution in [0.3, 0.4) is 0 Å². The van der Waals surface area contributed by atoms with Crippen molar-refractivity contribution in [3.05, 3.63) is 186 Å². The Kier molecular flexibility index (Phi) is 7.32. The highest BCUT2D eigenvalue weighted by atomic mass is 15.4. The number of nitrogens with one attached hydrogen (secondary N) is 1. The van der Waals surface area contributed by atoms with Crippen molar-refractivity contribution in [2.24, 2.45) is 5.92 Å². The highest BCUT2D eigenvalue weighted by Crippen LogP contribution is 2.47. The smallest absolute Gasteiger partial charge is 0.107 e. The average molecular weight is 621 g/mol.